The molecule has 2 aliphatic heterocycles. The Bertz CT molecular complexity index is 1300. The van der Waals surface area contributed by atoms with Gasteiger partial charge >= 0.3 is 0 Å². The van der Waals surface area contributed by atoms with Crippen molar-refractivity contribution in [1.82, 2.24) is 19.8 Å². The molecule has 4 heterocycles. The summed E-state index contributed by atoms with van der Waals surface area (Å²) in [6.45, 7) is 7.29. The molecule has 0 bridgehead atoms. The number of piperazine rings is 1. The fourth-order valence-electron chi connectivity index (χ4n) is 4.93. The molecule has 2 aromatic heterocycles. The van der Waals surface area contributed by atoms with E-state index in [9.17, 15) is 4.79 Å². The third-order valence-electron chi connectivity index (χ3n) is 6.77. The number of carbonyl (C=O) groups excluding carboxylic acids is 1. The summed E-state index contributed by atoms with van der Waals surface area (Å²) in [4.78, 5) is 27.7. The van der Waals surface area contributed by atoms with Gasteiger partial charge in [0.25, 0.3) is 6.01 Å². The molecular weight excluding hydrogens is 402 g/mol. The first-order valence-electron chi connectivity index (χ1n) is 11.3. The average Bonchev–Trinajstić information content (AvgIpc) is 3.40. The van der Waals surface area contributed by atoms with Gasteiger partial charge in [0, 0.05) is 67.8 Å². The predicted molar refractivity (Wildman–Crippen MR) is 125 cm³/mol. The van der Waals surface area contributed by atoms with Crippen molar-refractivity contribution in [1.29, 1.82) is 0 Å². The van der Waals surface area contributed by atoms with E-state index in [1.54, 1.807) is 0 Å². The number of aryl methyl sites for hydroxylation is 1. The summed E-state index contributed by atoms with van der Waals surface area (Å²) < 4.78 is 5.95. The van der Waals surface area contributed by atoms with Crippen LogP contribution in [0.3, 0.4) is 0 Å². The number of para-hydroxylation sites is 1. The van der Waals surface area contributed by atoms with Gasteiger partial charge in [0.2, 0.25) is 5.91 Å². The van der Waals surface area contributed by atoms with E-state index in [4.69, 9.17) is 4.42 Å². The Morgan fingerprint density at radius 3 is 2.81 bits per heavy atom. The van der Waals surface area contributed by atoms with Crippen LogP contribution in [0.2, 0.25) is 0 Å². The molecule has 1 amide bonds. The second-order valence-corrected chi connectivity index (χ2v) is 8.92. The minimum absolute atomic E-state index is 0.215. The van der Waals surface area contributed by atoms with E-state index >= 15 is 0 Å². The topological polar surface area (TPSA) is 68.6 Å². The molecule has 1 saturated heterocycles. The quantitative estimate of drug-likeness (QED) is 0.541. The summed E-state index contributed by atoms with van der Waals surface area (Å²) in [5, 5.41) is 1.24. The lowest BCUT2D eigenvalue weighted by molar-refractivity contribution is -0.133. The minimum Gasteiger partial charge on any atom is -0.423 e. The number of oxazole rings is 1. The second kappa shape index (κ2) is 7.67. The molecule has 4 aromatic rings. The van der Waals surface area contributed by atoms with E-state index in [1.165, 1.54) is 22.2 Å². The van der Waals surface area contributed by atoms with Crippen molar-refractivity contribution < 1.29 is 9.21 Å². The lowest BCUT2D eigenvalue weighted by Gasteiger charge is -2.35. The molecule has 0 saturated carbocycles. The number of fused-ring (bicyclic) bond motifs is 4. The van der Waals surface area contributed by atoms with Crippen LogP contribution in [0.4, 0.5) is 6.01 Å². The maximum absolute atomic E-state index is 13.1. The fraction of sp³-hybridized carbons (Fsp3) is 0.360. The molecule has 7 heteroatoms. The van der Waals surface area contributed by atoms with Crippen molar-refractivity contribution in [2.24, 2.45) is 0 Å². The number of aromatic nitrogens is 2. The van der Waals surface area contributed by atoms with Gasteiger partial charge in [-0.3, -0.25) is 9.69 Å². The Kier molecular flexibility index (Phi) is 4.64. The number of amides is 1. The number of rotatable bonds is 3. The monoisotopic (exact) mass is 429 g/mol. The molecular formula is C25H27N5O2. The molecule has 164 valence electrons. The zero-order valence-electron chi connectivity index (χ0n) is 18.3. The van der Waals surface area contributed by atoms with Gasteiger partial charge in [0.1, 0.15) is 5.52 Å². The van der Waals surface area contributed by atoms with Gasteiger partial charge in [0.15, 0.2) is 5.58 Å². The standard InChI is InChI=1S/C25H27N5O2/c1-17-6-7-23-22(14-17)27-25(32-23)29-12-10-28(11-13-29)16-24(31)30-9-8-21-19(15-30)18-4-2-3-5-20(18)26-21/h2-7,14,26H,8-13,15-16H2,1H3. The number of nitrogens with one attached hydrogen (secondary N) is 1. The van der Waals surface area contributed by atoms with E-state index < -0.39 is 0 Å². The Morgan fingerprint density at radius 2 is 1.94 bits per heavy atom. The summed E-state index contributed by atoms with van der Waals surface area (Å²) in [7, 11) is 0. The molecule has 0 atom stereocenters. The van der Waals surface area contributed by atoms with Crippen molar-refractivity contribution >= 4 is 33.9 Å². The number of aromatic amines is 1. The molecule has 6 rings (SSSR count). The fourth-order valence-corrected chi connectivity index (χ4v) is 4.93. The minimum atomic E-state index is 0.215. The normalized spacial score (nSPS) is 17.3. The van der Waals surface area contributed by atoms with Gasteiger partial charge in [-0.2, -0.15) is 4.98 Å². The van der Waals surface area contributed by atoms with Gasteiger partial charge in [-0.05, 0) is 30.7 Å². The molecule has 2 aromatic carbocycles. The van der Waals surface area contributed by atoms with Crippen molar-refractivity contribution in [3.05, 3.63) is 59.3 Å². The number of hydrogen-bond acceptors (Lipinski definition) is 5. The van der Waals surface area contributed by atoms with Gasteiger partial charge in [-0.15, -0.1) is 0 Å². The van der Waals surface area contributed by atoms with E-state index in [0.29, 0.717) is 19.1 Å². The van der Waals surface area contributed by atoms with Crippen LogP contribution in [-0.4, -0.2) is 64.9 Å². The van der Waals surface area contributed by atoms with Crippen molar-refractivity contribution in [2.75, 3.05) is 44.2 Å². The molecule has 1 N–H and O–H groups in total. The second-order valence-electron chi connectivity index (χ2n) is 8.92. The Labute approximate surface area is 186 Å². The van der Waals surface area contributed by atoms with Gasteiger partial charge < -0.3 is 19.2 Å². The smallest absolute Gasteiger partial charge is 0.298 e. The maximum atomic E-state index is 13.1. The van der Waals surface area contributed by atoms with Crippen LogP contribution in [0.25, 0.3) is 22.0 Å². The number of H-pyrrole nitrogens is 1. The zero-order chi connectivity index (χ0) is 21.7. The first-order chi connectivity index (χ1) is 15.6. The van der Waals surface area contributed by atoms with E-state index in [2.05, 4.69) is 57.0 Å². The molecule has 7 nitrogen and oxygen atoms in total. The highest BCUT2D eigenvalue weighted by molar-refractivity contribution is 5.86. The summed E-state index contributed by atoms with van der Waals surface area (Å²) >= 11 is 0. The molecule has 0 unspecified atom stereocenters. The molecule has 32 heavy (non-hydrogen) atoms. The molecule has 1 fully saturated rings. The third kappa shape index (κ3) is 3.42. The first-order valence-corrected chi connectivity index (χ1v) is 11.3. The first kappa shape index (κ1) is 19.4. The largest absolute Gasteiger partial charge is 0.423 e. The van der Waals surface area contributed by atoms with Crippen LogP contribution < -0.4 is 4.90 Å². The number of nitrogens with zero attached hydrogens (tertiary/aromatic N) is 4. The van der Waals surface area contributed by atoms with Crippen LogP contribution >= 0.6 is 0 Å². The van der Waals surface area contributed by atoms with Crippen LogP contribution in [-0.2, 0) is 17.8 Å². The molecule has 2 aliphatic rings. The van der Waals surface area contributed by atoms with Crippen molar-refractivity contribution in [2.45, 2.75) is 19.9 Å². The number of benzene rings is 2. The Balaban J connectivity index is 1.08. The molecule has 0 spiro atoms. The number of carbonyl (C=O) groups is 1. The highest BCUT2D eigenvalue weighted by Gasteiger charge is 2.27. The number of hydrogen-bond donors (Lipinski definition) is 1. The summed E-state index contributed by atoms with van der Waals surface area (Å²) in [6.07, 6.45) is 0.890. The maximum Gasteiger partial charge on any atom is 0.298 e. The van der Waals surface area contributed by atoms with Crippen molar-refractivity contribution in [3.8, 4) is 0 Å². The lowest BCUT2D eigenvalue weighted by atomic mass is 10.0. The highest BCUT2D eigenvalue weighted by atomic mass is 16.4. The zero-order valence-corrected chi connectivity index (χ0v) is 18.3. The number of anilines is 1. The highest BCUT2D eigenvalue weighted by Crippen LogP contribution is 2.28. The lowest BCUT2D eigenvalue weighted by Crippen LogP contribution is -2.50. The molecule has 0 aliphatic carbocycles. The predicted octanol–water partition coefficient (Wildman–Crippen LogP) is 3.32. The van der Waals surface area contributed by atoms with Crippen LogP contribution in [0, 0.1) is 6.92 Å². The van der Waals surface area contributed by atoms with Gasteiger partial charge in [-0.1, -0.05) is 24.3 Å². The average molecular weight is 430 g/mol. The van der Waals surface area contributed by atoms with E-state index in [0.717, 1.165) is 55.8 Å². The summed E-state index contributed by atoms with van der Waals surface area (Å²) in [5.41, 5.74) is 6.62. The van der Waals surface area contributed by atoms with Crippen LogP contribution in [0.1, 0.15) is 16.8 Å². The Morgan fingerprint density at radius 1 is 1.09 bits per heavy atom. The third-order valence-corrected chi connectivity index (χ3v) is 6.77. The van der Waals surface area contributed by atoms with E-state index in [-0.39, 0.29) is 5.91 Å². The SMILES string of the molecule is Cc1ccc2oc(N3CCN(CC(=O)N4CCc5[nH]c6ccccc6c5C4)CC3)nc2c1. The van der Waals surface area contributed by atoms with Crippen molar-refractivity contribution in [3.63, 3.8) is 0 Å². The van der Waals surface area contributed by atoms with Gasteiger partial charge in [-0.25, -0.2) is 0 Å². The van der Waals surface area contributed by atoms with Gasteiger partial charge in [0.05, 0.1) is 6.54 Å². The summed E-state index contributed by atoms with van der Waals surface area (Å²) in [6, 6.07) is 15.1. The van der Waals surface area contributed by atoms with E-state index in [1.807, 2.05) is 17.0 Å². The Hall–Kier alpha value is -3.32. The van der Waals surface area contributed by atoms with Crippen LogP contribution in [0.5, 0.6) is 0 Å². The molecule has 0 radical (unpaired) electrons. The van der Waals surface area contributed by atoms with Crippen LogP contribution in [0.15, 0.2) is 46.9 Å². The summed E-state index contributed by atoms with van der Waals surface area (Å²) in [5.74, 6) is 0.215.